The van der Waals surface area contributed by atoms with Crippen molar-refractivity contribution in [2.75, 3.05) is 11.5 Å². The maximum absolute atomic E-state index is 13.2. The molecule has 0 aromatic heterocycles. The average Bonchev–Trinajstić information content (AvgIpc) is 2.97. The third kappa shape index (κ3) is 2.77. The van der Waals surface area contributed by atoms with Gasteiger partial charge in [0.15, 0.2) is 0 Å². The normalized spacial score (nSPS) is 19.7. The van der Waals surface area contributed by atoms with Gasteiger partial charge in [-0.3, -0.25) is 9.69 Å². The molecular weight excluding hydrogens is 380 g/mol. The summed E-state index contributed by atoms with van der Waals surface area (Å²) in [5, 5.41) is 0.856. The molecule has 2 aliphatic rings. The molecule has 0 bridgehead atoms. The Hall–Kier alpha value is -2.37. The van der Waals surface area contributed by atoms with E-state index in [1.165, 1.54) is 29.2 Å². The van der Waals surface area contributed by atoms with Gasteiger partial charge in [-0.25, -0.2) is 9.18 Å². The van der Waals surface area contributed by atoms with Crippen molar-refractivity contribution in [2.45, 2.75) is 12.3 Å². The van der Waals surface area contributed by atoms with Crippen molar-refractivity contribution in [1.29, 1.82) is 0 Å². The van der Waals surface area contributed by atoms with E-state index in [9.17, 15) is 14.0 Å². The van der Waals surface area contributed by atoms with Gasteiger partial charge in [0.1, 0.15) is 12.4 Å². The highest BCUT2D eigenvalue weighted by Gasteiger charge is 2.43. The van der Waals surface area contributed by atoms with Gasteiger partial charge in [0.05, 0.1) is 11.3 Å². The molecule has 7 heteroatoms. The van der Waals surface area contributed by atoms with E-state index >= 15 is 0 Å². The second-order valence-electron chi connectivity index (χ2n) is 6.06. The average molecular weight is 392 g/mol. The van der Waals surface area contributed by atoms with Crippen LogP contribution < -0.4 is 4.90 Å². The first-order chi connectivity index (χ1) is 12.5. The predicted octanol–water partition coefficient (Wildman–Crippen LogP) is 4.46. The first kappa shape index (κ1) is 17.1. The number of hydrogen-bond donors (Lipinski definition) is 0. The number of esters is 1. The molecular formula is C19H12Cl2FNO3. The van der Waals surface area contributed by atoms with E-state index in [0.29, 0.717) is 32.6 Å². The largest absolute Gasteiger partial charge is 0.456 e. The molecule has 0 unspecified atom stereocenters. The van der Waals surface area contributed by atoms with E-state index in [0.717, 1.165) is 0 Å². The molecule has 26 heavy (non-hydrogen) atoms. The van der Waals surface area contributed by atoms with Crippen molar-refractivity contribution in [2.24, 2.45) is 0 Å². The fraction of sp³-hybridized carbons (Fsp3) is 0.158. The van der Waals surface area contributed by atoms with E-state index in [2.05, 4.69) is 0 Å². The molecule has 0 saturated heterocycles. The van der Waals surface area contributed by atoms with Crippen molar-refractivity contribution in [3.8, 4) is 0 Å². The van der Waals surface area contributed by atoms with Gasteiger partial charge in [-0.15, -0.1) is 0 Å². The monoisotopic (exact) mass is 391 g/mol. The smallest absolute Gasteiger partial charge is 0.336 e. The Balaban J connectivity index is 1.84. The maximum atomic E-state index is 13.2. The highest BCUT2D eigenvalue weighted by atomic mass is 35.5. The van der Waals surface area contributed by atoms with Crippen LogP contribution in [0.4, 0.5) is 10.1 Å². The highest BCUT2D eigenvalue weighted by Crippen LogP contribution is 2.44. The number of benzene rings is 2. The molecule has 132 valence electrons. The number of amides is 1. The molecule has 0 spiro atoms. The van der Waals surface area contributed by atoms with Crippen LogP contribution in [0.1, 0.15) is 17.9 Å². The van der Waals surface area contributed by atoms with Crippen LogP contribution in [0.5, 0.6) is 0 Å². The summed E-state index contributed by atoms with van der Waals surface area (Å²) in [6, 6.07) is 10.5. The molecule has 0 N–H and O–H groups in total. The number of cyclic esters (lactones) is 1. The molecule has 2 aromatic carbocycles. The van der Waals surface area contributed by atoms with Crippen molar-refractivity contribution in [3.63, 3.8) is 0 Å². The number of halogens is 3. The van der Waals surface area contributed by atoms with Gasteiger partial charge >= 0.3 is 5.97 Å². The molecule has 1 atom stereocenters. The zero-order valence-electron chi connectivity index (χ0n) is 13.3. The summed E-state index contributed by atoms with van der Waals surface area (Å²) in [6.07, 6.45) is 0.0483. The van der Waals surface area contributed by atoms with E-state index in [4.69, 9.17) is 27.9 Å². The van der Waals surface area contributed by atoms with Crippen LogP contribution >= 0.6 is 23.2 Å². The van der Waals surface area contributed by atoms with Gasteiger partial charge in [0, 0.05) is 28.1 Å². The lowest BCUT2D eigenvalue weighted by molar-refractivity contribution is -0.136. The SMILES string of the molecule is O=C1OCC2=C1[C@H](c1ccc(Cl)cc1Cl)CC(=O)N2c1ccc(F)cc1. The molecule has 0 radical (unpaired) electrons. The molecule has 2 aliphatic heterocycles. The summed E-state index contributed by atoms with van der Waals surface area (Å²) in [4.78, 5) is 26.6. The zero-order valence-corrected chi connectivity index (χ0v) is 14.9. The van der Waals surface area contributed by atoms with E-state index in [-0.39, 0.29) is 18.9 Å². The lowest BCUT2D eigenvalue weighted by Crippen LogP contribution is -2.37. The summed E-state index contributed by atoms with van der Waals surface area (Å²) < 4.78 is 18.4. The molecule has 0 saturated carbocycles. The fourth-order valence-electron chi connectivity index (χ4n) is 3.39. The minimum atomic E-state index is -0.506. The number of carbonyl (C=O) groups excluding carboxylic acids is 2. The number of hydrogen-bond acceptors (Lipinski definition) is 3. The first-order valence-electron chi connectivity index (χ1n) is 7.89. The van der Waals surface area contributed by atoms with Crippen molar-refractivity contribution >= 4 is 40.8 Å². The lowest BCUT2D eigenvalue weighted by atomic mass is 9.84. The second kappa shape index (κ2) is 6.41. The Bertz CT molecular complexity index is 956. The Morgan fingerprint density at radius 3 is 2.50 bits per heavy atom. The Morgan fingerprint density at radius 2 is 1.81 bits per heavy atom. The Morgan fingerprint density at radius 1 is 1.08 bits per heavy atom. The van der Waals surface area contributed by atoms with Crippen LogP contribution in [0.3, 0.4) is 0 Å². The summed E-state index contributed by atoms with van der Waals surface area (Å²) in [5.41, 5.74) is 2.00. The summed E-state index contributed by atoms with van der Waals surface area (Å²) in [6.45, 7) is -0.0149. The van der Waals surface area contributed by atoms with Crippen LogP contribution in [-0.4, -0.2) is 18.5 Å². The zero-order chi connectivity index (χ0) is 18.4. The minimum absolute atomic E-state index is 0.0149. The van der Waals surface area contributed by atoms with Gasteiger partial charge in [-0.1, -0.05) is 29.3 Å². The summed E-state index contributed by atoms with van der Waals surface area (Å²) in [5.74, 6) is -1.61. The van der Waals surface area contributed by atoms with Crippen LogP contribution in [0.15, 0.2) is 53.7 Å². The van der Waals surface area contributed by atoms with Crippen molar-refractivity contribution < 1.29 is 18.7 Å². The van der Waals surface area contributed by atoms with Crippen LogP contribution in [0.25, 0.3) is 0 Å². The predicted molar refractivity (Wildman–Crippen MR) is 95.7 cm³/mol. The molecule has 0 aliphatic carbocycles. The van der Waals surface area contributed by atoms with Gasteiger partial charge in [-0.2, -0.15) is 0 Å². The van der Waals surface area contributed by atoms with E-state index in [1.807, 2.05) is 0 Å². The van der Waals surface area contributed by atoms with Crippen molar-refractivity contribution in [3.05, 3.63) is 75.2 Å². The van der Waals surface area contributed by atoms with E-state index in [1.54, 1.807) is 18.2 Å². The highest BCUT2D eigenvalue weighted by molar-refractivity contribution is 6.35. The molecule has 4 rings (SSSR count). The standard InChI is InChI=1S/C19H12Cl2FNO3/c20-10-1-6-13(15(21)7-10)14-8-17(24)23(12-4-2-11(22)3-5-12)16-9-26-19(25)18(14)16/h1-7,14H,8-9H2/t14-/m0/s1. The van der Waals surface area contributed by atoms with Gasteiger partial charge < -0.3 is 4.74 Å². The topological polar surface area (TPSA) is 46.6 Å². The fourth-order valence-corrected chi connectivity index (χ4v) is 3.93. The molecule has 2 aromatic rings. The third-order valence-electron chi connectivity index (χ3n) is 4.54. The molecule has 2 heterocycles. The minimum Gasteiger partial charge on any atom is -0.456 e. The van der Waals surface area contributed by atoms with E-state index < -0.39 is 17.7 Å². The number of anilines is 1. The number of rotatable bonds is 2. The molecule has 1 amide bonds. The van der Waals surface area contributed by atoms with Crippen molar-refractivity contribution in [1.82, 2.24) is 0 Å². The number of nitrogens with zero attached hydrogens (tertiary/aromatic N) is 1. The Labute approximate surface area is 158 Å². The van der Waals surface area contributed by atoms with Crippen LogP contribution in [0.2, 0.25) is 10.0 Å². The van der Waals surface area contributed by atoms with Crippen LogP contribution in [0, 0.1) is 5.82 Å². The number of ether oxygens (including phenoxy) is 1. The maximum Gasteiger partial charge on any atom is 0.336 e. The van der Waals surface area contributed by atoms with Gasteiger partial charge in [-0.05, 0) is 42.0 Å². The molecule has 4 nitrogen and oxygen atoms in total. The third-order valence-corrected chi connectivity index (χ3v) is 5.10. The lowest BCUT2D eigenvalue weighted by Gasteiger charge is -2.32. The van der Waals surface area contributed by atoms with Gasteiger partial charge in [0.2, 0.25) is 5.91 Å². The first-order valence-corrected chi connectivity index (χ1v) is 8.65. The molecule has 0 fully saturated rings. The second-order valence-corrected chi connectivity index (χ2v) is 6.91. The quantitative estimate of drug-likeness (QED) is 0.709. The van der Waals surface area contributed by atoms with Crippen LogP contribution in [-0.2, 0) is 14.3 Å². The summed E-state index contributed by atoms with van der Waals surface area (Å²) in [7, 11) is 0. The van der Waals surface area contributed by atoms with Gasteiger partial charge in [0.25, 0.3) is 0 Å². The Kier molecular flexibility index (Phi) is 4.21. The number of carbonyl (C=O) groups is 2. The summed E-state index contributed by atoms with van der Waals surface area (Å²) >= 11 is 12.2.